The van der Waals surface area contributed by atoms with Crippen LogP contribution >= 0.6 is 0 Å². The van der Waals surface area contributed by atoms with Gasteiger partial charge in [-0.2, -0.15) is 0 Å². The van der Waals surface area contributed by atoms with Gasteiger partial charge in [0.25, 0.3) is 5.91 Å². The maximum atomic E-state index is 13.3. The van der Waals surface area contributed by atoms with Crippen molar-refractivity contribution in [3.8, 4) is 5.75 Å². The number of carbonyl (C=O) groups excluding carboxylic acids is 1. The normalized spacial score (nSPS) is 23.6. The highest BCUT2D eigenvalue weighted by molar-refractivity contribution is 5.96. The summed E-state index contributed by atoms with van der Waals surface area (Å²) in [5.41, 5.74) is 0.983. The molecule has 0 spiro atoms. The number of piperidine rings is 1. The fourth-order valence-electron chi connectivity index (χ4n) is 4.65. The van der Waals surface area contributed by atoms with Crippen LogP contribution in [0.2, 0.25) is 0 Å². The predicted octanol–water partition coefficient (Wildman–Crippen LogP) is 3.48. The van der Waals surface area contributed by atoms with Crippen LogP contribution in [0, 0.1) is 0 Å². The van der Waals surface area contributed by atoms with Crippen molar-refractivity contribution in [1.82, 2.24) is 9.58 Å². The van der Waals surface area contributed by atoms with E-state index in [1.807, 2.05) is 17.8 Å². The molecule has 2 aromatic rings. The third kappa shape index (κ3) is 3.11. The van der Waals surface area contributed by atoms with E-state index in [2.05, 4.69) is 43.1 Å². The number of hydrogen-bond acceptors (Lipinski definition) is 4. The highest BCUT2D eigenvalue weighted by Crippen LogP contribution is 2.42. The molecule has 6 nitrogen and oxygen atoms in total. The summed E-state index contributed by atoms with van der Waals surface area (Å²) in [6.45, 7) is 4.72. The smallest absolute Gasteiger partial charge is 0.277 e. The first-order valence-electron chi connectivity index (χ1n) is 10.5. The van der Waals surface area contributed by atoms with Gasteiger partial charge in [0.05, 0.1) is 12.1 Å². The van der Waals surface area contributed by atoms with Crippen molar-refractivity contribution in [3.63, 3.8) is 0 Å². The molecule has 1 amide bonds. The van der Waals surface area contributed by atoms with Gasteiger partial charge in [0.1, 0.15) is 6.17 Å². The van der Waals surface area contributed by atoms with Gasteiger partial charge in [0.15, 0.2) is 11.4 Å². The van der Waals surface area contributed by atoms with E-state index in [1.165, 1.54) is 11.6 Å². The summed E-state index contributed by atoms with van der Waals surface area (Å²) >= 11 is 0. The van der Waals surface area contributed by atoms with E-state index in [0.29, 0.717) is 12.3 Å². The van der Waals surface area contributed by atoms with Gasteiger partial charge in [-0.1, -0.05) is 43.7 Å². The summed E-state index contributed by atoms with van der Waals surface area (Å²) in [7, 11) is 1.83. The van der Waals surface area contributed by atoms with Crippen LogP contribution in [-0.2, 0) is 5.54 Å². The molecule has 3 heterocycles. The molecule has 29 heavy (non-hydrogen) atoms. The second-order valence-corrected chi connectivity index (χ2v) is 8.18. The van der Waals surface area contributed by atoms with E-state index >= 15 is 0 Å². The molecule has 0 saturated carbocycles. The van der Waals surface area contributed by atoms with Gasteiger partial charge >= 0.3 is 0 Å². The summed E-state index contributed by atoms with van der Waals surface area (Å²) < 4.78 is 7.72. The van der Waals surface area contributed by atoms with Crippen molar-refractivity contribution in [3.05, 3.63) is 64.1 Å². The lowest BCUT2D eigenvalue weighted by Crippen LogP contribution is -2.68. The molecule has 0 aliphatic carbocycles. The summed E-state index contributed by atoms with van der Waals surface area (Å²) in [4.78, 5) is 27.7. The first-order valence-corrected chi connectivity index (χ1v) is 10.5. The number of hydrogen-bond donors (Lipinski definition) is 0. The third-order valence-corrected chi connectivity index (χ3v) is 6.29. The average molecular weight is 396 g/mol. The van der Waals surface area contributed by atoms with E-state index in [9.17, 15) is 9.59 Å². The average Bonchev–Trinajstić information content (AvgIpc) is 2.74. The van der Waals surface area contributed by atoms with Crippen LogP contribution in [0.15, 0.2) is 47.4 Å². The number of rotatable bonds is 5. The zero-order valence-electron chi connectivity index (χ0n) is 17.4. The molecule has 0 bridgehead atoms. The molecular weight excluding hydrogens is 366 g/mol. The highest BCUT2D eigenvalue weighted by atomic mass is 16.5. The molecular formula is C23H29N3O3. The Morgan fingerprint density at radius 1 is 1.17 bits per heavy atom. The van der Waals surface area contributed by atoms with Gasteiger partial charge in [-0.25, -0.2) is 0 Å². The minimum Gasteiger partial charge on any atom is -0.487 e. The van der Waals surface area contributed by atoms with Crippen LogP contribution in [0.5, 0.6) is 5.75 Å². The van der Waals surface area contributed by atoms with Crippen LogP contribution in [-0.4, -0.2) is 35.3 Å². The lowest BCUT2D eigenvalue weighted by Gasteiger charge is -2.56. The van der Waals surface area contributed by atoms with Crippen molar-refractivity contribution < 1.29 is 9.53 Å². The van der Waals surface area contributed by atoms with Crippen LogP contribution in [0.25, 0.3) is 0 Å². The first-order chi connectivity index (χ1) is 14.0. The number of amides is 1. The van der Waals surface area contributed by atoms with Crippen LogP contribution in [0.4, 0.5) is 0 Å². The number of pyridine rings is 1. The Morgan fingerprint density at radius 3 is 2.66 bits per heavy atom. The Kier molecular flexibility index (Phi) is 5.11. The van der Waals surface area contributed by atoms with Crippen molar-refractivity contribution in [2.75, 3.05) is 18.7 Å². The number of benzene rings is 1. The maximum absolute atomic E-state index is 13.3. The van der Waals surface area contributed by atoms with Gasteiger partial charge in [0, 0.05) is 19.3 Å². The van der Waals surface area contributed by atoms with Gasteiger partial charge in [-0.3, -0.25) is 19.3 Å². The van der Waals surface area contributed by atoms with Gasteiger partial charge < -0.3 is 9.64 Å². The molecule has 1 fully saturated rings. The fourth-order valence-corrected chi connectivity index (χ4v) is 4.65. The molecule has 1 saturated heterocycles. The van der Waals surface area contributed by atoms with E-state index in [0.717, 1.165) is 32.1 Å². The topological polar surface area (TPSA) is 54.8 Å². The molecule has 2 aliphatic heterocycles. The van der Waals surface area contributed by atoms with Crippen LogP contribution in [0.1, 0.15) is 62.0 Å². The Hall–Kier alpha value is -2.76. The molecule has 1 aromatic heterocycles. The quantitative estimate of drug-likeness (QED) is 0.728. The second-order valence-electron chi connectivity index (χ2n) is 8.18. The third-order valence-electron chi connectivity index (χ3n) is 6.29. The van der Waals surface area contributed by atoms with E-state index < -0.39 is 0 Å². The molecule has 4 rings (SSSR count). The summed E-state index contributed by atoms with van der Waals surface area (Å²) in [6.07, 6.45) is 6.35. The molecule has 0 radical (unpaired) electrons. The maximum Gasteiger partial charge on any atom is 0.277 e. The zero-order chi connectivity index (χ0) is 20.6. The monoisotopic (exact) mass is 395 g/mol. The Bertz CT molecular complexity index is 956. The molecule has 2 atom stereocenters. The molecule has 1 aromatic carbocycles. The lowest BCUT2D eigenvalue weighted by molar-refractivity contribution is 0.0468. The van der Waals surface area contributed by atoms with Crippen LogP contribution in [0.3, 0.4) is 0 Å². The Balaban J connectivity index is 1.89. The number of aromatic nitrogens is 1. The standard InChI is InChI=1S/C23H29N3O3/c1-4-5-16-29-21-18(27)13-15-25-20(21)22(28)24(3)19-12-9-14-23(2,26(19)25)17-10-7-6-8-11-17/h6-8,10-11,13,15,19H,4-5,9,12,14,16H2,1-3H3. The number of nitrogens with zero attached hydrogens (tertiary/aromatic N) is 3. The van der Waals surface area contributed by atoms with E-state index in [-0.39, 0.29) is 28.8 Å². The van der Waals surface area contributed by atoms with Crippen molar-refractivity contribution in [2.24, 2.45) is 0 Å². The summed E-state index contributed by atoms with van der Waals surface area (Å²) in [5, 5.41) is 2.26. The van der Waals surface area contributed by atoms with Gasteiger partial charge in [-0.15, -0.1) is 0 Å². The number of ether oxygens (including phenoxy) is 1. The highest BCUT2D eigenvalue weighted by Gasteiger charge is 2.48. The Labute approximate surface area is 171 Å². The predicted molar refractivity (Wildman–Crippen MR) is 113 cm³/mol. The largest absolute Gasteiger partial charge is 0.487 e. The van der Waals surface area contributed by atoms with E-state index in [4.69, 9.17) is 4.74 Å². The van der Waals surface area contributed by atoms with Crippen LogP contribution < -0.4 is 15.2 Å². The molecule has 2 unspecified atom stereocenters. The van der Waals surface area contributed by atoms with Crippen molar-refractivity contribution in [2.45, 2.75) is 57.7 Å². The zero-order valence-corrected chi connectivity index (χ0v) is 17.4. The minimum atomic E-state index is -0.302. The second kappa shape index (κ2) is 7.58. The van der Waals surface area contributed by atoms with Gasteiger partial charge in [0.2, 0.25) is 5.43 Å². The number of unbranched alkanes of at least 4 members (excludes halogenated alkanes) is 1. The molecule has 154 valence electrons. The van der Waals surface area contributed by atoms with E-state index in [1.54, 1.807) is 11.1 Å². The van der Waals surface area contributed by atoms with Gasteiger partial charge in [-0.05, 0) is 38.2 Å². The number of fused-ring (bicyclic) bond motifs is 3. The fraction of sp³-hybridized carbons (Fsp3) is 0.478. The molecule has 0 N–H and O–H groups in total. The lowest BCUT2D eigenvalue weighted by atomic mass is 9.81. The molecule has 6 heteroatoms. The SMILES string of the molecule is CCCCOc1c2n(ccc1=O)N1C(CCCC1(C)c1ccccc1)N(C)C2=O. The van der Waals surface area contributed by atoms with Crippen molar-refractivity contribution in [1.29, 1.82) is 0 Å². The number of carbonyl (C=O) groups is 1. The molecule has 2 aliphatic rings. The summed E-state index contributed by atoms with van der Waals surface area (Å²) in [5.74, 6) is 0.00463. The first kappa shape index (κ1) is 19.6. The van der Waals surface area contributed by atoms with Crippen molar-refractivity contribution >= 4 is 5.91 Å². The summed E-state index contributed by atoms with van der Waals surface area (Å²) in [6, 6.07) is 11.9. The minimum absolute atomic E-state index is 0.0695. The Morgan fingerprint density at radius 2 is 1.93 bits per heavy atom.